The molecule has 104 valence electrons. The molecular formula is C15H23N3S. The molecule has 0 radical (unpaired) electrons. The molecule has 0 spiro atoms. The van der Waals surface area contributed by atoms with E-state index in [-0.39, 0.29) is 0 Å². The molecule has 0 aromatic carbocycles. The van der Waals surface area contributed by atoms with Crippen LogP contribution in [0.3, 0.4) is 0 Å². The van der Waals surface area contributed by atoms with Crippen molar-refractivity contribution in [2.24, 2.45) is 11.7 Å². The highest BCUT2D eigenvalue weighted by Crippen LogP contribution is 2.24. The summed E-state index contributed by atoms with van der Waals surface area (Å²) >= 11 is 5.08. The van der Waals surface area contributed by atoms with Gasteiger partial charge >= 0.3 is 0 Å². The lowest BCUT2D eigenvalue weighted by Crippen LogP contribution is -2.26. The van der Waals surface area contributed by atoms with Crippen LogP contribution in [-0.2, 0) is 0 Å². The molecule has 0 amide bonds. The second kappa shape index (κ2) is 6.33. The van der Waals surface area contributed by atoms with Crippen LogP contribution in [0.1, 0.15) is 43.9 Å². The molecule has 2 N–H and O–H groups in total. The van der Waals surface area contributed by atoms with Gasteiger partial charge < -0.3 is 10.6 Å². The van der Waals surface area contributed by atoms with Gasteiger partial charge in [-0.25, -0.2) is 4.98 Å². The average Bonchev–Trinajstić information content (AvgIpc) is 2.63. The van der Waals surface area contributed by atoms with Crippen LogP contribution in [0.2, 0.25) is 0 Å². The molecule has 1 atom stereocenters. The van der Waals surface area contributed by atoms with E-state index >= 15 is 0 Å². The molecular weight excluding hydrogens is 254 g/mol. The van der Waals surface area contributed by atoms with Gasteiger partial charge in [0.25, 0.3) is 0 Å². The molecule has 1 aliphatic heterocycles. The lowest BCUT2D eigenvalue weighted by Gasteiger charge is -2.22. The Labute approximate surface area is 121 Å². The van der Waals surface area contributed by atoms with E-state index in [4.69, 9.17) is 18.0 Å². The fourth-order valence-corrected chi connectivity index (χ4v) is 2.88. The molecule has 1 aromatic rings. The fourth-order valence-electron chi connectivity index (χ4n) is 2.76. The monoisotopic (exact) mass is 277 g/mol. The SMILES string of the molecule is CCC1CCCN(c2cc(C(N)=S)cc(C)n2)CC1. The summed E-state index contributed by atoms with van der Waals surface area (Å²) in [6.07, 6.45) is 5.12. The molecule has 1 unspecified atom stereocenters. The molecule has 1 aliphatic rings. The Morgan fingerprint density at radius 1 is 1.42 bits per heavy atom. The van der Waals surface area contributed by atoms with Crippen LogP contribution in [0.5, 0.6) is 0 Å². The van der Waals surface area contributed by atoms with Crippen molar-refractivity contribution in [2.75, 3.05) is 18.0 Å². The van der Waals surface area contributed by atoms with Crippen LogP contribution >= 0.6 is 12.2 Å². The van der Waals surface area contributed by atoms with Crippen molar-refractivity contribution >= 4 is 23.0 Å². The molecule has 0 bridgehead atoms. The molecule has 2 heterocycles. The summed E-state index contributed by atoms with van der Waals surface area (Å²) in [6.45, 7) is 6.46. The van der Waals surface area contributed by atoms with Gasteiger partial charge in [-0.15, -0.1) is 0 Å². The second-order valence-electron chi connectivity index (χ2n) is 5.41. The van der Waals surface area contributed by atoms with Gasteiger partial charge in [0.1, 0.15) is 10.8 Å². The van der Waals surface area contributed by atoms with Crippen molar-refractivity contribution in [1.82, 2.24) is 4.98 Å². The first-order valence-electron chi connectivity index (χ1n) is 7.13. The summed E-state index contributed by atoms with van der Waals surface area (Å²) in [6, 6.07) is 3.99. The maximum atomic E-state index is 5.74. The highest BCUT2D eigenvalue weighted by atomic mass is 32.1. The van der Waals surface area contributed by atoms with Crippen LogP contribution in [0.15, 0.2) is 12.1 Å². The number of rotatable bonds is 3. The number of aromatic nitrogens is 1. The minimum absolute atomic E-state index is 0.452. The molecule has 1 saturated heterocycles. The quantitative estimate of drug-likeness (QED) is 0.862. The molecule has 1 aromatic heterocycles. The van der Waals surface area contributed by atoms with Crippen molar-refractivity contribution < 1.29 is 0 Å². The number of nitrogens with zero attached hydrogens (tertiary/aromatic N) is 2. The summed E-state index contributed by atoms with van der Waals surface area (Å²) in [5.74, 6) is 1.89. The Morgan fingerprint density at radius 3 is 2.89 bits per heavy atom. The molecule has 4 heteroatoms. The van der Waals surface area contributed by atoms with Gasteiger partial charge in [0.15, 0.2) is 0 Å². The normalized spacial score (nSPS) is 20.1. The molecule has 1 fully saturated rings. The first kappa shape index (κ1) is 14.3. The van der Waals surface area contributed by atoms with Crippen molar-refractivity contribution in [2.45, 2.75) is 39.5 Å². The third-order valence-corrected chi connectivity index (χ3v) is 4.21. The number of aryl methyl sites for hydroxylation is 1. The number of anilines is 1. The topological polar surface area (TPSA) is 42.1 Å². The van der Waals surface area contributed by atoms with Gasteiger partial charge in [-0.1, -0.05) is 25.6 Å². The van der Waals surface area contributed by atoms with E-state index in [0.717, 1.165) is 36.1 Å². The van der Waals surface area contributed by atoms with Crippen LogP contribution in [0.4, 0.5) is 5.82 Å². The maximum absolute atomic E-state index is 5.74. The van der Waals surface area contributed by atoms with E-state index in [1.165, 1.54) is 25.7 Å². The van der Waals surface area contributed by atoms with Gasteiger partial charge in [-0.2, -0.15) is 0 Å². The molecule has 19 heavy (non-hydrogen) atoms. The van der Waals surface area contributed by atoms with Crippen molar-refractivity contribution in [3.05, 3.63) is 23.4 Å². The Bertz CT molecular complexity index is 459. The Kier molecular flexibility index (Phi) is 4.75. The first-order valence-corrected chi connectivity index (χ1v) is 7.54. The number of thiocarbonyl (C=S) groups is 1. The van der Waals surface area contributed by atoms with Gasteiger partial charge in [0, 0.05) is 24.3 Å². The summed E-state index contributed by atoms with van der Waals surface area (Å²) in [4.78, 5) is 7.47. The smallest absolute Gasteiger partial charge is 0.129 e. The van der Waals surface area contributed by atoms with Gasteiger partial charge in [-0.05, 0) is 44.2 Å². The second-order valence-corrected chi connectivity index (χ2v) is 5.85. The number of pyridine rings is 1. The van der Waals surface area contributed by atoms with Crippen LogP contribution in [0.25, 0.3) is 0 Å². The molecule has 0 saturated carbocycles. The standard InChI is InChI=1S/C15H23N3S/c1-3-12-5-4-7-18(8-6-12)14-10-13(15(16)19)9-11(2)17-14/h9-10,12H,3-8H2,1-2H3,(H2,16,19). The average molecular weight is 277 g/mol. The predicted molar refractivity (Wildman–Crippen MR) is 84.7 cm³/mol. The Morgan fingerprint density at radius 2 is 2.21 bits per heavy atom. The summed E-state index contributed by atoms with van der Waals surface area (Å²) in [7, 11) is 0. The summed E-state index contributed by atoms with van der Waals surface area (Å²) < 4.78 is 0. The molecule has 3 nitrogen and oxygen atoms in total. The Hall–Kier alpha value is -1.16. The van der Waals surface area contributed by atoms with Gasteiger partial charge in [0.05, 0.1) is 0 Å². The minimum atomic E-state index is 0.452. The van der Waals surface area contributed by atoms with E-state index in [9.17, 15) is 0 Å². The predicted octanol–water partition coefficient (Wildman–Crippen LogP) is 3.04. The summed E-state index contributed by atoms with van der Waals surface area (Å²) in [5.41, 5.74) is 7.65. The highest BCUT2D eigenvalue weighted by molar-refractivity contribution is 7.80. The van der Waals surface area contributed by atoms with Crippen LogP contribution in [0, 0.1) is 12.8 Å². The lowest BCUT2D eigenvalue weighted by atomic mass is 9.98. The summed E-state index contributed by atoms with van der Waals surface area (Å²) in [5, 5.41) is 0. The minimum Gasteiger partial charge on any atom is -0.389 e. The number of hydrogen-bond acceptors (Lipinski definition) is 3. The lowest BCUT2D eigenvalue weighted by molar-refractivity contribution is 0.459. The van der Waals surface area contributed by atoms with Crippen molar-refractivity contribution in [3.63, 3.8) is 0 Å². The third-order valence-electron chi connectivity index (χ3n) is 3.97. The van der Waals surface area contributed by atoms with Crippen molar-refractivity contribution in [3.8, 4) is 0 Å². The van der Waals surface area contributed by atoms with Gasteiger partial charge in [0.2, 0.25) is 0 Å². The molecule has 2 rings (SSSR count). The number of hydrogen-bond donors (Lipinski definition) is 1. The molecule has 0 aliphatic carbocycles. The third kappa shape index (κ3) is 3.66. The first-order chi connectivity index (χ1) is 9.10. The van der Waals surface area contributed by atoms with E-state index in [0.29, 0.717) is 4.99 Å². The fraction of sp³-hybridized carbons (Fsp3) is 0.600. The Balaban J connectivity index is 2.19. The van der Waals surface area contributed by atoms with E-state index in [1.54, 1.807) is 0 Å². The number of nitrogens with two attached hydrogens (primary N) is 1. The zero-order chi connectivity index (χ0) is 13.8. The zero-order valence-electron chi connectivity index (χ0n) is 11.9. The van der Waals surface area contributed by atoms with Crippen molar-refractivity contribution in [1.29, 1.82) is 0 Å². The van der Waals surface area contributed by atoms with Crippen LogP contribution in [-0.4, -0.2) is 23.1 Å². The maximum Gasteiger partial charge on any atom is 0.129 e. The van der Waals surface area contributed by atoms with Crippen LogP contribution < -0.4 is 10.6 Å². The van der Waals surface area contributed by atoms with E-state index < -0.39 is 0 Å². The van der Waals surface area contributed by atoms with Gasteiger partial charge in [-0.3, -0.25) is 0 Å². The van der Waals surface area contributed by atoms with E-state index in [1.807, 2.05) is 19.1 Å². The largest absolute Gasteiger partial charge is 0.389 e. The highest BCUT2D eigenvalue weighted by Gasteiger charge is 2.17. The van der Waals surface area contributed by atoms with E-state index in [2.05, 4.69) is 16.8 Å². The zero-order valence-corrected chi connectivity index (χ0v) is 12.7.